The SMILES string of the molecule is C#Cc1cccnc1NO. The lowest BCUT2D eigenvalue weighted by atomic mass is 10.3. The summed E-state index contributed by atoms with van der Waals surface area (Å²) < 4.78 is 0. The van der Waals surface area contributed by atoms with E-state index in [0.29, 0.717) is 11.4 Å². The summed E-state index contributed by atoms with van der Waals surface area (Å²) in [6.45, 7) is 0. The van der Waals surface area contributed by atoms with Gasteiger partial charge < -0.3 is 0 Å². The normalized spacial score (nSPS) is 8.40. The highest BCUT2D eigenvalue weighted by atomic mass is 16.5. The molecular formula is C7H6N2O. The van der Waals surface area contributed by atoms with Gasteiger partial charge in [-0.3, -0.25) is 10.7 Å². The molecule has 0 amide bonds. The molecular weight excluding hydrogens is 128 g/mol. The summed E-state index contributed by atoms with van der Waals surface area (Å²) in [6.07, 6.45) is 6.63. The first-order chi connectivity index (χ1) is 4.88. The minimum atomic E-state index is 0.310. The summed E-state index contributed by atoms with van der Waals surface area (Å²) in [5.41, 5.74) is 2.44. The van der Waals surface area contributed by atoms with Gasteiger partial charge in [0.05, 0.1) is 5.56 Å². The Labute approximate surface area is 58.7 Å². The van der Waals surface area contributed by atoms with E-state index in [1.807, 2.05) is 5.48 Å². The van der Waals surface area contributed by atoms with Crippen molar-refractivity contribution in [3.63, 3.8) is 0 Å². The second-order valence-electron chi connectivity index (χ2n) is 1.66. The monoisotopic (exact) mass is 134 g/mol. The minimum absolute atomic E-state index is 0.310. The Morgan fingerprint density at radius 3 is 3.00 bits per heavy atom. The van der Waals surface area contributed by atoms with Crippen LogP contribution in [0.15, 0.2) is 18.3 Å². The lowest BCUT2D eigenvalue weighted by Crippen LogP contribution is -1.95. The third-order valence-corrected chi connectivity index (χ3v) is 1.07. The van der Waals surface area contributed by atoms with E-state index in [1.54, 1.807) is 18.3 Å². The van der Waals surface area contributed by atoms with Gasteiger partial charge >= 0.3 is 0 Å². The molecule has 1 aromatic heterocycles. The van der Waals surface area contributed by atoms with Gasteiger partial charge in [-0.15, -0.1) is 6.42 Å². The van der Waals surface area contributed by atoms with Crippen molar-refractivity contribution in [3.8, 4) is 12.3 Å². The molecule has 0 unspecified atom stereocenters. The summed E-state index contributed by atoms with van der Waals surface area (Å²) >= 11 is 0. The van der Waals surface area contributed by atoms with Crippen LogP contribution >= 0.6 is 0 Å². The molecule has 0 atom stereocenters. The van der Waals surface area contributed by atoms with Gasteiger partial charge in [-0.1, -0.05) is 5.92 Å². The highest BCUT2D eigenvalue weighted by Crippen LogP contribution is 2.06. The van der Waals surface area contributed by atoms with E-state index >= 15 is 0 Å². The predicted molar refractivity (Wildman–Crippen MR) is 37.6 cm³/mol. The van der Waals surface area contributed by atoms with Gasteiger partial charge in [0.25, 0.3) is 0 Å². The average Bonchev–Trinajstić information content (AvgIpc) is 2.04. The van der Waals surface area contributed by atoms with E-state index in [2.05, 4.69) is 10.9 Å². The van der Waals surface area contributed by atoms with Crippen molar-refractivity contribution in [3.05, 3.63) is 23.9 Å². The van der Waals surface area contributed by atoms with Gasteiger partial charge in [-0.05, 0) is 12.1 Å². The first-order valence-corrected chi connectivity index (χ1v) is 2.70. The topological polar surface area (TPSA) is 45.2 Å². The summed E-state index contributed by atoms with van der Waals surface area (Å²) in [5, 5.41) is 8.44. The molecule has 50 valence electrons. The average molecular weight is 134 g/mol. The number of terminal acetylenes is 1. The van der Waals surface area contributed by atoms with Crippen molar-refractivity contribution in [1.29, 1.82) is 0 Å². The molecule has 0 aliphatic rings. The van der Waals surface area contributed by atoms with E-state index in [9.17, 15) is 0 Å². The molecule has 0 saturated heterocycles. The van der Waals surface area contributed by atoms with Crippen LogP contribution in [0.5, 0.6) is 0 Å². The van der Waals surface area contributed by atoms with Crippen molar-refractivity contribution in [2.24, 2.45) is 0 Å². The molecule has 2 N–H and O–H groups in total. The Balaban J connectivity index is 3.12. The number of aromatic nitrogens is 1. The van der Waals surface area contributed by atoms with Crippen LogP contribution in [0.3, 0.4) is 0 Å². The molecule has 0 spiro atoms. The number of hydrogen-bond donors (Lipinski definition) is 2. The Morgan fingerprint density at radius 2 is 2.50 bits per heavy atom. The van der Waals surface area contributed by atoms with Gasteiger partial charge in [0.15, 0.2) is 5.82 Å². The number of nitrogens with zero attached hydrogens (tertiary/aromatic N) is 1. The molecule has 0 bridgehead atoms. The van der Waals surface area contributed by atoms with E-state index in [1.165, 1.54) is 0 Å². The zero-order valence-corrected chi connectivity index (χ0v) is 5.20. The van der Waals surface area contributed by atoms with Gasteiger partial charge in [0.2, 0.25) is 0 Å². The molecule has 3 heteroatoms. The van der Waals surface area contributed by atoms with E-state index in [4.69, 9.17) is 11.6 Å². The maximum absolute atomic E-state index is 8.44. The van der Waals surface area contributed by atoms with Crippen LogP contribution in [-0.2, 0) is 0 Å². The Kier molecular flexibility index (Phi) is 1.88. The van der Waals surface area contributed by atoms with E-state index in [-0.39, 0.29) is 0 Å². The molecule has 0 fully saturated rings. The van der Waals surface area contributed by atoms with Crippen LogP contribution < -0.4 is 5.48 Å². The third-order valence-electron chi connectivity index (χ3n) is 1.07. The van der Waals surface area contributed by atoms with Gasteiger partial charge in [-0.25, -0.2) is 4.98 Å². The standard InChI is InChI=1S/C7H6N2O/c1-2-6-4-3-5-8-7(6)9-10/h1,3-5,10H,(H,8,9). The fourth-order valence-electron chi connectivity index (χ4n) is 0.611. The van der Waals surface area contributed by atoms with Crippen LogP contribution in [0.2, 0.25) is 0 Å². The molecule has 0 radical (unpaired) electrons. The fourth-order valence-corrected chi connectivity index (χ4v) is 0.611. The maximum Gasteiger partial charge on any atom is 0.165 e. The van der Waals surface area contributed by atoms with Crippen LogP contribution in [0.4, 0.5) is 5.82 Å². The first-order valence-electron chi connectivity index (χ1n) is 2.70. The second-order valence-corrected chi connectivity index (χ2v) is 1.66. The number of hydrogen-bond acceptors (Lipinski definition) is 3. The zero-order chi connectivity index (χ0) is 7.40. The van der Waals surface area contributed by atoms with Crippen LogP contribution in [-0.4, -0.2) is 10.2 Å². The van der Waals surface area contributed by atoms with Crippen molar-refractivity contribution in [1.82, 2.24) is 4.98 Å². The molecule has 10 heavy (non-hydrogen) atoms. The van der Waals surface area contributed by atoms with E-state index in [0.717, 1.165) is 0 Å². The summed E-state index contributed by atoms with van der Waals surface area (Å²) in [5.74, 6) is 2.67. The summed E-state index contributed by atoms with van der Waals surface area (Å²) in [7, 11) is 0. The highest BCUT2D eigenvalue weighted by molar-refractivity contribution is 5.50. The molecule has 1 rings (SSSR count). The summed E-state index contributed by atoms with van der Waals surface area (Å²) in [6, 6.07) is 3.39. The van der Waals surface area contributed by atoms with Crippen molar-refractivity contribution < 1.29 is 5.21 Å². The number of rotatable bonds is 1. The number of anilines is 1. The second kappa shape index (κ2) is 2.85. The smallest absolute Gasteiger partial charge is 0.165 e. The Morgan fingerprint density at radius 1 is 1.70 bits per heavy atom. The Hall–Kier alpha value is -1.53. The molecule has 0 aromatic carbocycles. The first kappa shape index (κ1) is 6.59. The third kappa shape index (κ3) is 1.07. The van der Waals surface area contributed by atoms with Crippen LogP contribution in [0.1, 0.15) is 5.56 Å². The highest BCUT2D eigenvalue weighted by Gasteiger charge is 1.95. The van der Waals surface area contributed by atoms with E-state index < -0.39 is 0 Å². The predicted octanol–water partition coefficient (Wildman–Crippen LogP) is 0.864. The molecule has 1 heterocycles. The summed E-state index contributed by atoms with van der Waals surface area (Å²) in [4.78, 5) is 3.76. The van der Waals surface area contributed by atoms with Crippen LogP contribution in [0, 0.1) is 12.3 Å². The minimum Gasteiger partial charge on any atom is -0.290 e. The lowest BCUT2D eigenvalue weighted by Gasteiger charge is -1.97. The van der Waals surface area contributed by atoms with Crippen LogP contribution in [0.25, 0.3) is 0 Å². The molecule has 0 saturated carbocycles. The molecule has 1 aromatic rings. The van der Waals surface area contributed by atoms with Crippen molar-refractivity contribution in [2.45, 2.75) is 0 Å². The van der Waals surface area contributed by atoms with Gasteiger partial charge in [0.1, 0.15) is 0 Å². The van der Waals surface area contributed by atoms with Crippen molar-refractivity contribution in [2.75, 3.05) is 5.48 Å². The largest absolute Gasteiger partial charge is 0.290 e. The van der Waals surface area contributed by atoms with Gasteiger partial charge in [0, 0.05) is 6.20 Å². The number of nitrogens with one attached hydrogen (secondary N) is 1. The maximum atomic E-state index is 8.44. The van der Waals surface area contributed by atoms with Crippen molar-refractivity contribution >= 4 is 5.82 Å². The lowest BCUT2D eigenvalue weighted by molar-refractivity contribution is 0.385. The Bertz CT molecular complexity index is 265. The molecule has 0 aliphatic carbocycles. The fraction of sp³-hybridized carbons (Fsp3) is 0. The zero-order valence-electron chi connectivity index (χ0n) is 5.20. The molecule has 0 aliphatic heterocycles. The van der Waals surface area contributed by atoms with Gasteiger partial charge in [-0.2, -0.15) is 0 Å². The number of pyridine rings is 1. The quantitative estimate of drug-likeness (QED) is 0.442. The molecule has 3 nitrogen and oxygen atoms in total.